The molecular formula is C72H102Br2Si. The van der Waals surface area contributed by atoms with Gasteiger partial charge in [0.05, 0.1) is 0 Å². The van der Waals surface area contributed by atoms with Crippen LogP contribution >= 0.6 is 31.9 Å². The third-order valence-corrected chi connectivity index (χ3v) is 19.9. The summed E-state index contributed by atoms with van der Waals surface area (Å²) in [5, 5.41) is 1.56. The second kappa shape index (κ2) is 27.4. The van der Waals surface area contributed by atoms with Crippen LogP contribution in [0.4, 0.5) is 0 Å². The van der Waals surface area contributed by atoms with E-state index in [1.807, 2.05) is 0 Å². The Morgan fingerprint density at radius 3 is 1.05 bits per heavy atom. The Kier molecular flexibility index (Phi) is 21.9. The van der Waals surface area contributed by atoms with E-state index in [4.69, 9.17) is 0 Å². The van der Waals surface area contributed by atoms with Gasteiger partial charge in [-0.25, -0.2) is 0 Å². The summed E-state index contributed by atoms with van der Waals surface area (Å²) in [4.78, 5) is 0. The fourth-order valence-electron chi connectivity index (χ4n) is 14.5. The number of hydrogen-bond acceptors (Lipinski definition) is 0. The van der Waals surface area contributed by atoms with Crippen molar-refractivity contribution in [2.24, 2.45) is 0 Å². The second-order valence-electron chi connectivity index (χ2n) is 25.9. The Balaban J connectivity index is 1.56. The molecule has 0 amide bonds. The first kappa shape index (κ1) is 59.9. The molecule has 0 heterocycles. The van der Waals surface area contributed by atoms with Crippen LogP contribution in [0.2, 0.25) is 0 Å². The summed E-state index contributed by atoms with van der Waals surface area (Å²) in [5.74, 6) is 0. The van der Waals surface area contributed by atoms with E-state index in [-0.39, 0.29) is 21.7 Å². The molecule has 0 nitrogen and oxygen atoms in total. The molecule has 3 heteroatoms. The van der Waals surface area contributed by atoms with E-state index in [1.54, 1.807) is 44.1 Å². The van der Waals surface area contributed by atoms with Crippen LogP contribution in [0.15, 0.2) is 87.8 Å². The highest BCUT2D eigenvalue weighted by molar-refractivity contribution is 9.10. The van der Waals surface area contributed by atoms with Crippen molar-refractivity contribution >= 4 is 47.3 Å². The number of unbranched alkanes of at least 4 members (excludes halogenated alkanes) is 20. The standard InChI is InChI=1S/C72H102Br2Si/c1-11-15-19-23-27-31-45-71(46-32-28-24-20-16-12-2)60-49-52(73)41-43-54(60)56-37-35-39-58(66(56)71)64-63(75)51-62(69(5,6)7)68(70(8,9)10)65(64)59-40-36-38-57-55-44-42-53(74)50-61(55)72(67(57)59,47-33-29-25-21-17-13-3)48-34-30-26-22-18-14-4/h35-44,49-51H,11-34,45-48H2,1-10,75H3. The van der Waals surface area contributed by atoms with E-state index >= 15 is 0 Å². The SMILES string of the molecule is CCCCCCCCC1(CCCCCCCC)c2cc(Br)ccc2-c2cccc(-c3c([SiH3])cc(C(C)(C)C)c(C(C)(C)C)c3-c3cccc4c3C(CCCCCCCC)(CCCCCCCC)c3cc(Br)ccc3-4)c21. The number of halogens is 2. The summed E-state index contributed by atoms with van der Waals surface area (Å²) in [6.45, 7) is 24.5. The van der Waals surface area contributed by atoms with Crippen LogP contribution in [-0.4, -0.2) is 10.2 Å². The van der Waals surface area contributed by atoms with Gasteiger partial charge >= 0.3 is 0 Å². The molecule has 0 atom stereocenters. The van der Waals surface area contributed by atoms with Gasteiger partial charge in [-0.1, -0.05) is 315 Å². The molecule has 2 aliphatic rings. The summed E-state index contributed by atoms with van der Waals surface area (Å²) in [7, 11) is 0.960. The Morgan fingerprint density at radius 1 is 0.373 bits per heavy atom. The molecule has 75 heavy (non-hydrogen) atoms. The minimum atomic E-state index is -0.111. The molecule has 0 radical (unpaired) electrons. The van der Waals surface area contributed by atoms with Crippen LogP contribution in [0.5, 0.6) is 0 Å². The third kappa shape index (κ3) is 13.5. The summed E-state index contributed by atoms with van der Waals surface area (Å²) in [6, 6.07) is 32.7. The molecule has 5 aromatic carbocycles. The summed E-state index contributed by atoms with van der Waals surface area (Å²) >= 11 is 8.17. The van der Waals surface area contributed by atoms with Crippen molar-refractivity contribution in [3.8, 4) is 44.5 Å². The van der Waals surface area contributed by atoms with E-state index in [9.17, 15) is 0 Å². The number of benzene rings is 5. The molecule has 0 N–H and O–H groups in total. The molecule has 0 fully saturated rings. The van der Waals surface area contributed by atoms with E-state index < -0.39 is 0 Å². The lowest BCUT2D eigenvalue weighted by Gasteiger charge is -2.39. The first-order valence-corrected chi connectivity index (χ1v) is 33.7. The monoisotopic (exact) mass is 1150 g/mol. The predicted octanol–water partition coefficient (Wildman–Crippen LogP) is 22.7. The van der Waals surface area contributed by atoms with Crippen LogP contribution < -0.4 is 5.19 Å². The molecule has 0 spiro atoms. The maximum atomic E-state index is 4.09. The van der Waals surface area contributed by atoms with Crippen LogP contribution in [-0.2, 0) is 21.7 Å². The van der Waals surface area contributed by atoms with Gasteiger partial charge < -0.3 is 0 Å². The highest BCUT2D eigenvalue weighted by Crippen LogP contribution is 2.62. The molecule has 0 unspecified atom stereocenters. The number of fused-ring (bicyclic) bond motifs is 6. The summed E-state index contributed by atoms with van der Waals surface area (Å²) in [6.07, 6.45) is 36.6. The Bertz CT molecular complexity index is 2600. The first-order valence-electron chi connectivity index (χ1n) is 31.2. The molecule has 0 saturated heterocycles. The zero-order valence-corrected chi connectivity index (χ0v) is 54.7. The fourth-order valence-corrected chi connectivity index (χ4v) is 16.0. The van der Waals surface area contributed by atoms with Gasteiger partial charge in [0.15, 0.2) is 0 Å². The lowest BCUT2D eigenvalue weighted by molar-refractivity contribution is 0.398. The third-order valence-electron chi connectivity index (χ3n) is 18.1. The van der Waals surface area contributed by atoms with Gasteiger partial charge in [0.1, 0.15) is 0 Å². The van der Waals surface area contributed by atoms with Crippen LogP contribution in [0.3, 0.4) is 0 Å². The Hall–Kier alpha value is -2.72. The minimum Gasteiger partial charge on any atom is -0.0654 e. The van der Waals surface area contributed by atoms with E-state index in [2.05, 4.69) is 180 Å². The van der Waals surface area contributed by atoms with Gasteiger partial charge in [-0.3, -0.25) is 0 Å². The van der Waals surface area contributed by atoms with E-state index in [0.717, 1.165) is 10.2 Å². The first-order chi connectivity index (χ1) is 36.1. The molecule has 2 aliphatic carbocycles. The second-order valence-corrected chi connectivity index (χ2v) is 28.8. The maximum Gasteiger partial charge on any atom is 0.0393 e. The summed E-state index contributed by atoms with van der Waals surface area (Å²) in [5.41, 5.74) is 21.4. The van der Waals surface area contributed by atoms with Crippen molar-refractivity contribution in [3.05, 3.63) is 121 Å². The van der Waals surface area contributed by atoms with E-state index in [0.29, 0.717) is 0 Å². The molecular weight excluding hydrogens is 1050 g/mol. The minimum absolute atomic E-state index is 0.0324. The summed E-state index contributed by atoms with van der Waals surface area (Å²) < 4.78 is 2.44. The quantitative estimate of drug-likeness (QED) is 0.0318. The maximum absolute atomic E-state index is 4.09. The average molecular weight is 1160 g/mol. The topological polar surface area (TPSA) is 0 Å². The van der Waals surface area contributed by atoms with Crippen LogP contribution in [0.25, 0.3) is 44.5 Å². The van der Waals surface area contributed by atoms with Crippen molar-refractivity contribution in [1.82, 2.24) is 0 Å². The lowest BCUT2D eigenvalue weighted by Crippen LogP contribution is -2.30. The van der Waals surface area contributed by atoms with Gasteiger partial charge in [0.2, 0.25) is 0 Å². The largest absolute Gasteiger partial charge is 0.0654 e. The predicted molar refractivity (Wildman–Crippen MR) is 344 cm³/mol. The highest BCUT2D eigenvalue weighted by atomic mass is 79.9. The van der Waals surface area contributed by atoms with Gasteiger partial charge in [0, 0.05) is 30.0 Å². The molecule has 0 aromatic heterocycles. The lowest BCUT2D eigenvalue weighted by atomic mass is 9.64. The van der Waals surface area contributed by atoms with Gasteiger partial charge in [-0.15, -0.1) is 0 Å². The molecule has 0 saturated carbocycles. The van der Waals surface area contributed by atoms with Crippen molar-refractivity contribution in [3.63, 3.8) is 0 Å². The molecule has 0 bridgehead atoms. The normalized spacial score (nSPS) is 14.3. The fraction of sp³-hybridized carbons (Fsp3) is 0.583. The highest BCUT2D eigenvalue weighted by Gasteiger charge is 2.48. The average Bonchev–Trinajstić information content (AvgIpc) is 3.88. The number of hydrogen-bond donors (Lipinski definition) is 0. The van der Waals surface area contributed by atoms with Gasteiger partial charge in [0.25, 0.3) is 0 Å². The molecule has 7 rings (SSSR count). The van der Waals surface area contributed by atoms with Crippen molar-refractivity contribution in [1.29, 1.82) is 0 Å². The molecule has 5 aromatic rings. The van der Waals surface area contributed by atoms with Crippen LogP contribution in [0, 0.1) is 0 Å². The molecule has 408 valence electrons. The van der Waals surface area contributed by atoms with Crippen molar-refractivity contribution in [2.75, 3.05) is 0 Å². The molecule has 0 aliphatic heterocycles. The Labute approximate surface area is 480 Å². The van der Waals surface area contributed by atoms with Gasteiger partial charge in [-0.2, -0.15) is 0 Å². The zero-order chi connectivity index (χ0) is 53.8. The van der Waals surface area contributed by atoms with Crippen molar-refractivity contribution in [2.45, 2.75) is 271 Å². The smallest absolute Gasteiger partial charge is 0.0393 e. The van der Waals surface area contributed by atoms with E-state index in [1.165, 1.54) is 228 Å². The number of rotatable bonds is 30. The van der Waals surface area contributed by atoms with Crippen LogP contribution in [0.1, 0.15) is 282 Å². The van der Waals surface area contributed by atoms with Gasteiger partial charge in [-0.05, 0) is 139 Å². The zero-order valence-electron chi connectivity index (χ0n) is 49.6. The van der Waals surface area contributed by atoms with Crippen molar-refractivity contribution < 1.29 is 0 Å². The Morgan fingerprint density at radius 2 is 0.707 bits per heavy atom.